The smallest absolute Gasteiger partial charge is 0.312 e. The summed E-state index contributed by atoms with van der Waals surface area (Å²) in [5, 5.41) is 9.24. The topological polar surface area (TPSA) is 63.6 Å². The van der Waals surface area contributed by atoms with Crippen molar-refractivity contribution < 1.29 is 19.4 Å². The van der Waals surface area contributed by atoms with Crippen LogP contribution in [-0.4, -0.2) is 30.6 Å². The average molecular weight is 298 g/mol. The highest BCUT2D eigenvalue weighted by Crippen LogP contribution is 2.54. The molecule has 0 radical (unpaired) electrons. The third-order valence-electron chi connectivity index (χ3n) is 3.48. The molecule has 0 saturated heterocycles. The van der Waals surface area contributed by atoms with Gasteiger partial charge in [-0.2, -0.15) is 0 Å². The molecule has 1 fully saturated rings. The number of aliphatic carboxylic acids is 1. The Balaban J connectivity index is 2.22. The van der Waals surface area contributed by atoms with Gasteiger partial charge in [-0.25, -0.2) is 0 Å². The molecular formula is C13H14O4S2. The highest BCUT2D eigenvalue weighted by Gasteiger charge is 2.64. The zero-order valence-corrected chi connectivity index (χ0v) is 12.1. The average Bonchev–Trinajstić information content (AvgIpc) is 3.08. The van der Waals surface area contributed by atoms with Crippen LogP contribution in [0.3, 0.4) is 0 Å². The summed E-state index contributed by atoms with van der Waals surface area (Å²) in [4.78, 5) is 24.8. The number of carbonyl (C=O) groups is 2. The van der Waals surface area contributed by atoms with Gasteiger partial charge in [-0.1, -0.05) is 6.07 Å². The van der Waals surface area contributed by atoms with Crippen molar-refractivity contribution in [1.29, 1.82) is 0 Å². The molecular weight excluding hydrogens is 284 g/mol. The molecule has 102 valence electrons. The maximum Gasteiger partial charge on any atom is 0.312 e. The van der Waals surface area contributed by atoms with Gasteiger partial charge in [-0.3, -0.25) is 9.59 Å². The molecule has 0 aliphatic heterocycles. The number of carboxylic acid groups (broad SMARTS) is 1. The van der Waals surface area contributed by atoms with Gasteiger partial charge in [0.25, 0.3) is 0 Å². The first-order valence-electron chi connectivity index (χ1n) is 5.71. The molecule has 1 saturated carbocycles. The maximum absolute atomic E-state index is 12.3. The Morgan fingerprint density at radius 1 is 1.42 bits per heavy atom. The number of carboxylic acids is 1. The Hall–Kier alpha value is -0.980. The van der Waals surface area contributed by atoms with Crippen LogP contribution in [0.25, 0.3) is 0 Å². The van der Waals surface area contributed by atoms with Crippen LogP contribution >= 0.6 is 25.3 Å². The maximum atomic E-state index is 12.3. The van der Waals surface area contributed by atoms with Crippen LogP contribution in [-0.2, 0) is 9.53 Å². The Morgan fingerprint density at radius 3 is 2.63 bits per heavy atom. The number of hydrogen-bond donors (Lipinski definition) is 3. The minimum Gasteiger partial charge on any atom is -0.481 e. The van der Waals surface area contributed by atoms with E-state index in [1.165, 1.54) is 7.11 Å². The summed E-state index contributed by atoms with van der Waals surface area (Å²) < 4.78 is 4.93. The van der Waals surface area contributed by atoms with Crippen LogP contribution in [0.2, 0.25) is 0 Å². The third kappa shape index (κ3) is 2.52. The highest BCUT2D eigenvalue weighted by atomic mass is 32.1. The Labute approximate surface area is 122 Å². The Kier molecular flexibility index (Phi) is 3.94. The first kappa shape index (κ1) is 14.4. The minimum atomic E-state index is -1.07. The Morgan fingerprint density at radius 2 is 2.11 bits per heavy atom. The van der Waals surface area contributed by atoms with Gasteiger partial charge in [0.05, 0.1) is 6.61 Å². The lowest BCUT2D eigenvalue weighted by atomic mass is 9.99. The van der Waals surface area contributed by atoms with Gasteiger partial charge in [0.15, 0.2) is 5.78 Å². The summed E-state index contributed by atoms with van der Waals surface area (Å²) in [5.41, 5.74) is -0.602. The van der Waals surface area contributed by atoms with Gasteiger partial charge in [-0.15, -0.1) is 25.3 Å². The second-order valence-electron chi connectivity index (χ2n) is 4.72. The van der Waals surface area contributed by atoms with E-state index in [2.05, 4.69) is 25.3 Å². The molecule has 0 spiro atoms. The number of methoxy groups -OCH3 is 1. The minimum absolute atomic E-state index is 0.0527. The molecule has 4 nitrogen and oxygen atoms in total. The zero-order chi connectivity index (χ0) is 14.2. The van der Waals surface area contributed by atoms with Crippen LogP contribution in [0, 0.1) is 11.3 Å². The number of benzene rings is 1. The molecule has 2 rings (SSSR count). The first-order chi connectivity index (χ1) is 8.92. The van der Waals surface area contributed by atoms with Crippen molar-refractivity contribution >= 4 is 37.0 Å². The van der Waals surface area contributed by atoms with Crippen molar-refractivity contribution in [2.75, 3.05) is 13.7 Å². The van der Waals surface area contributed by atoms with Crippen LogP contribution in [0.4, 0.5) is 0 Å². The van der Waals surface area contributed by atoms with Gasteiger partial charge in [0.2, 0.25) is 0 Å². The van der Waals surface area contributed by atoms with Crippen LogP contribution in [0.5, 0.6) is 0 Å². The molecule has 1 aromatic carbocycles. The van der Waals surface area contributed by atoms with Gasteiger partial charge in [0.1, 0.15) is 5.41 Å². The standard InChI is InChI=1S/C13H14O4S2/c1-17-6-13(12(15)16)5-8(13)11(14)7-2-3-9(18)10(19)4-7/h2-4,8,18-19H,5-6H2,1H3,(H,15,16). The second kappa shape index (κ2) is 5.19. The van der Waals surface area contributed by atoms with Crippen molar-refractivity contribution in [2.24, 2.45) is 11.3 Å². The molecule has 0 amide bonds. The fourth-order valence-corrected chi connectivity index (χ4v) is 2.59. The zero-order valence-electron chi connectivity index (χ0n) is 10.3. The van der Waals surface area contributed by atoms with E-state index in [1.807, 2.05) is 0 Å². The van der Waals surface area contributed by atoms with E-state index >= 15 is 0 Å². The van der Waals surface area contributed by atoms with Crippen molar-refractivity contribution in [2.45, 2.75) is 16.2 Å². The monoisotopic (exact) mass is 298 g/mol. The number of ether oxygens (including phenoxy) is 1. The summed E-state index contributed by atoms with van der Waals surface area (Å²) in [6.07, 6.45) is 0.319. The predicted octanol–water partition coefficient (Wildman–Crippen LogP) is 2.18. The highest BCUT2D eigenvalue weighted by molar-refractivity contribution is 7.83. The summed E-state index contributed by atoms with van der Waals surface area (Å²) in [6.45, 7) is 0.0527. The molecule has 1 aromatic rings. The molecule has 1 N–H and O–H groups in total. The third-order valence-corrected chi connectivity index (χ3v) is 4.42. The molecule has 2 atom stereocenters. The number of Topliss-reactive ketones (excluding diaryl/α,β-unsaturated/α-hetero) is 1. The predicted molar refractivity (Wildman–Crippen MR) is 75.3 cm³/mol. The quantitative estimate of drug-likeness (QED) is 0.576. The summed E-state index contributed by atoms with van der Waals surface area (Å²) >= 11 is 8.39. The van der Waals surface area contributed by atoms with Gasteiger partial charge in [-0.05, 0) is 18.6 Å². The number of carbonyl (C=O) groups excluding carboxylic acids is 1. The van der Waals surface area contributed by atoms with E-state index in [0.717, 1.165) is 0 Å². The van der Waals surface area contributed by atoms with E-state index in [0.29, 0.717) is 21.8 Å². The number of hydrogen-bond acceptors (Lipinski definition) is 5. The van der Waals surface area contributed by atoms with E-state index in [-0.39, 0.29) is 12.4 Å². The summed E-state index contributed by atoms with van der Waals surface area (Å²) in [6, 6.07) is 4.94. The molecule has 0 aromatic heterocycles. The van der Waals surface area contributed by atoms with Gasteiger partial charge in [0, 0.05) is 28.4 Å². The lowest BCUT2D eigenvalue weighted by Gasteiger charge is -2.10. The van der Waals surface area contributed by atoms with Crippen molar-refractivity contribution in [3.05, 3.63) is 23.8 Å². The lowest BCUT2D eigenvalue weighted by Crippen LogP contribution is -2.25. The van der Waals surface area contributed by atoms with E-state index in [4.69, 9.17) is 4.74 Å². The normalized spacial score (nSPS) is 25.1. The van der Waals surface area contributed by atoms with E-state index in [1.54, 1.807) is 18.2 Å². The second-order valence-corrected chi connectivity index (χ2v) is 5.68. The van der Waals surface area contributed by atoms with E-state index in [9.17, 15) is 14.7 Å². The number of ketones is 1. The van der Waals surface area contributed by atoms with Crippen LogP contribution < -0.4 is 0 Å². The number of rotatable bonds is 5. The van der Waals surface area contributed by atoms with Crippen molar-refractivity contribution in [3.8, 4) is 0 Å². The fraction of sp³-hybridized carbons (Fsp3) is 0.385. The molecule has 0 bridgehead atoms. The van der Waals surface area contributed by atoms with E-state index < -0.39 is 17.3 Å². The molecule has 6 heteroatoms. The molecule has 19 heavy (non-hydrogen) atoms. The first-order valence-corrected chi connectivity index (χ1v) is 6.60. The molecule has 0 heterocycles. The Bertz CT molecular complexity index is 543. The fourth-order valence-electron chi connectivity index (χ4n) is 2.24. The largest absolute Gasteiger partial charge is 0.481 e. The molecule has 2 unspecified atom stereocenters. The van der Waals surface area contributed by atoms with Crippen molar-refractivity contribution in [1.82, 2.24) is 0 Å². The summed E-state index contributed by atoms with van der Waals surface area (Å²) in [5.74, 6) is -1.68. The SMILES string of the molecule is COCC1(C(=O)O)CC1C(=O)c1ccc(S)c(S)c1. The van der Waals surface area contributed by atoms with Gasteiger partial charge < -0.3 is 9.84 Å². The van der Waals surface area contributed by atoms with Gasteiger partial charge >= 0.3 is 5.97 Å². The number of thiol groups is 2. The van der Waals surface area contributed by atoms with Crippen LogP contribution in [0.15, 0.2) is 28.0 Å². The summed E-state index contributed by atoms with van der Waals surface area (Å²) in [7, 11) is 1.44. The molecule has 1 aliphatic rings. The lowest BCUT2D eigenvalue weighted by molar-refractivity contribution is -0.146. The van der Waals surface area contributed by atoms with Crippen molar-refractivity contribution in [3.63, 3.8) is 0 Å². The molecule has 1 aliphatic carbocycles. The van der Waals surface area contributed by atoms with Crippen LogP contribution in [0.1, 0.15) is 16.8 Å².